The first kappa shape index (κ1) is 20.5. The lowest BCUT2D eigenvalue weighted by Crippen LogP contribution is -2.32. The van der Waals surface area contributed by atoms with Crippen LogP contribution >= 0.6 is 23.2 Å². The summed E-state index contributed by atoms with van der Waals surface area (Å²) in [6.45, 7) is 1.69. The third-order valence-corrected chi connectivity index (χ3v) is 6.39. The number of sulfonamides is 1. The molecule has 0 saturated carbocycles. The summed E-state index contributed by atoms with van der Waals surface area (Å²) in [5.74, 6) is 0.393. The largest absolute Gasteiger partial charge is 0.346 e. The summed E-state index contributed by atoms with van der Waals surface area (Å²) in [6.07, 6.45) is 1.60. The van der Waals surface area contributed by atoms with Crippen LogP contribution in [0.4, 0.5) is 0 Å². The highest BCUT2D eigenvalue weighted by Gasteiger charge is 2.20. The lowest BCUT2D eigenvalue weighted by atomic mass is 10.2. The average molecular weight is 442 g/mol. The van der Waals surface area contributed by atoms with Gasteiger partial charge < -0.3 is 0 Å². The summed E-state index contributed by atoms with van der Waals surface area (Å²) < 4.78 is 30.0. The van der Waals surface area contributed by atoms with Gasteiger partial charge in [0.05, 0.1) is 11.6 Å². The molecule has 0 radical (unpaired) electrons. The van der Waals surface area contributed by atoms with E-state index in [2.05, 4.69) is 14.8 Å². The molecule has 148 valence electrons. The van der Waals surface area contributed by atoms with Crippen molar-refractivity contribution in [3.63, 3.8) is 0 Å². The highest BCUT2D eigenvalue weighted by molar-refractivity contribution is 7.89. The quantitative estimate of drug-likeness (QED) is 0.632. The van der Waals surface area contributed by atoms with Crippen molar-refractivity contribution in [2.24, 2.45) is 7.05 Å². The van der Waals surface area contributed by atoms with Gasteiger partial charge >= 0.3 is 5.69 Å². The molecule has 0 aliphatic rings. The third-order valence-electron chi connectivity index (χ3n) is 4.05. The number of hydrogen-bond donors (Lipinski definition) is 1. The molecule has 0 atom stereocenters. The van der Waals surface area contributed by atoms with Gasteiger partial charge in [-0.25, -0.2) is 22.6 Å². The normalized spacial score (nSPS) is 11.7. The van der Waals surface area contributed by atoms with Gasteiger partial charge in [-0.05, 0) is 36.8 Å². The number of aromatic nitrogens is 4. The summed E-state index contributed by atoms with van der Waals surface area (Å²) in [6, 6.07) is 8.07. The van der Waals surface area contributed by atoms with Gasteiger partial charge in [-0.3, -0.25) is 9.55 Å². The predicted molar refractivity (Wildman–Crippen MR) is 107 cm³/mol. The third kappa shape index (κ3) is 4.12. The van der Waals surface area contributed by atoms with E-state index in [1.807, 2.05) is 0 Å². The van der Waals surface area contributed by atoms with Crippen molar-refractivity contribution in [2.45, 2.75) is 18.4 Å². The predicted octanol–water partition coefficient (Wildman–Crippen LogP) is 2.24. The Bertz CT molecular complexity index is 1170. The highest BCUT2D eigenvalue weighted by Crippen LogP contribution is 2.27. The zero-order valence-electron chi connectivity index (χ0n) is 15.1. The van der Waals surface area contributed by atoms with Gasteiger partial charge in [-0.1, -0.05) is 29.3 Å². The van der Waals surface area contributed by atoms with Crippen LogP contribution in [0.1, 0.15) is 5.56 Å². The van der Waals surface area contributed by atoms with E-state index in [9.17, 15) is 13.2 Å². The van der Waals surface area contributed by atoms with Crippen molar-refractivity contribution >= 4 is 33.2 Å². The van der Waals surface area contributed by atoms with E-state index in [4.69, 9.17) is 23.2 Å². The van der Waals surface area contributed by atoms with Crippen molar-refractivity contribution in [2.75, 3.05) is 6.54 Å². The number of hydrogen-bond acceptors (Lipinski definition) is 5. The van der Waals surface area contributed by atoms with Crippen LogP contribution in [0.2, 0.25) is 10.0 Å². The van der Waals surface area contributed by atoms with Crippen LogP contribution in [0, 0.1) is 6.92 Å². The minimum absolute atomic E-state index is 0.0236. The second-order valence-corrected chi connectivity index (χ2v) is 8.58. The number of pyridine rings is 1. The maximum absolute atomic E-state index is 12.5. The molecular weight excluding hydrogens is 425 g/mol. The maximum Gasteiger partial charge on any atom is 0.346 e. The molecule has 2 aromatic heterocycles. The molecule has 2 heterocycles. The molecule has 0 amide bonds. The van der Waals surface area contributed by atoms with Crippen LogP contribution in [0.5, 0.6) is 0 Å². The zero-order chi connectivity index (χ0) is 20.5. The molecule has 0 saturated heterocycles. The Labute approximate surface area is 171 Å². The first-order valence-electron chi connectivity index (χ1n) is 8.21. The van der Waals surface area contributed by atoms with Crippen molar-refractivity contribution in [1.29, 1.82) is 0 Å². The average Bonchev–Trinajstić information content (AvgIpc) is 2.94. The van der Waals surface area contributed by atoms with Crippen LogP contribution < -0.4 is 10.4 Å². The molecule has 11 heteroatoms. The molecule has 0 bridgehead atoms. The van der Waals surface area contributed by atoms with E-state index in [0.29, 0.717) is 22.1 Å². The molecule has 0 aliphatic heterocycles. The molecule has 1 N–H and O–H groups in total. The number of benzene rings is 1. The first-order valence-corrected chi connectivity index (χ1v) is 10.4. The monoisotopic (exact) mass is 441 g/mol. The van der Waals surface area contributed by atoms with E-state index < -0.39 is 10.0 Å². The number of nitrogens with zero attached hydrogens (tertiary/aromatic N) is 4. The zero-order valence-corrected chi connectivity index (χ0v) is 17.4. The standard InChI is InChI=1S/C17H17Cl2N5O3S/c1-11-9-15(13(19)10-12(11)18)28(26,27)21-7-8-24-17(25)23(2)16(22-24)14-5-3-4-6-20-14/h3-6,9-10,21H,7-8H2,1-2H3. The Morgan fingerprint density at radius 1 is 1.18 bits per heavy atom. The lowest BCUT2D eigenvalue weighted by molar-refractivity contribution is 0.551. The molecule has 8 nitrogen and oxygen atoms in total. The number of rotatable bonds is 6. The minimum Gasteiger partial charge on any atom is -0.277 e. The topological polar surface area (TPSA) is 98.9 Å². The van der Waals surface area contributed by atoms with E-state index in [1.165, 1.54) is 21.4 Å². The van der Waals surface area contributed by atoms with Crippen molar-refractivity contribution in [3.05, 3.63) is 62.6 Å². The lowest BCUT2D eigenvalue weighted by Gasteiger charge is -2.10. The number of nitrogens with one attached hydrogen (secondary N) is 1. The summed E-state index contributed by atoms with van der Waals surface area (Å²) in [7, 11) is -2.29. The van der Waals surface area contributed by atoms with Crippen LogP contribution in [-0.4, -0.2) is 34.3 Å². The fraction of sp³-hybridized carbons (Fsp3) is 0.235. The van der Waals surface area contributed by atoms with E-state index >= 15 is 0 Å². The van der Waals surface area contributed by atoms with Gasteiger partial charge in [0.2, 0.25) is 10.0 Å². The van der Waals surface area contributed by atoms with E-state index in [-0.39, 0.29) is 28.7 Å². The maximum atomic E-state index is 12.5. The number of aryl methyl sites for hydroxylation is 1. The molecule has 1 aromatic carbocycles. The van der Waals surface area contributed by atoms with Crippen molar-refractivity contribution in [3.8, 4) is 11.5 Å². The Morgan fingerprint density at radius 2 is 1.93 bits per heavy atom. The summed E-state index contributed by atoms with van der Waals surface area (Å²) >= 11 is 12.0. The Morgan fingerprint density at radius 3 is 2.61 bits per heavy atom. The molecule has 0 aliphatic carbocycles. The second kappa shape index (κ2) is 8.04. The molecular formula is C17H17Cl2N5O3S. The van der Waals surface area contributed by atoms with Crippen LogP contribution in [0.25, 0.3) is 11.5 Å². The van der Waals surface area contributed by atoms with E-state index in [1.54, 1.807) is 38.4 Å². The Balaban J connectivity index is 1.77. The Hall–Kier alpha value is -2.20. The van der Waals surface area contributed by atoms with Crippen LogP contribution in [-0.2, 0) is 23.6 Å². The summed E-state index contributed by atoms with van der Waals surface area (Å²) in [5.41, 5.74) is 0.762. The molecule has 0 unspecified atom stereocenters. The Kier molecular flexibility index (Phi) is 5.90. The summed E-state index contributed by atoms with van der Waals surface area (Å²) in [4.78, 5) is 16.5. The minimum atomic E-state index is -3.87. The van der Waals surface area contributed by atoms with Gasteiger partial charge in [0.1, 0.15) is 10.6 Å². The van der Waals surface area contributed by atoms with Gasteiger partial charge in [0, 0.05) is 24.8 Å². The molecule has 3 rings (SSSR count). The fourth-order valence-corrected chi connectivity index (χ4v) is 4.40. The first-order chi connectivity index (χ1) is 13.2. The SMILES string of the molecule is Cc1cc(S(=O)(=O)NCCn2nc(-c3ccccn3)n(C)c2=O)c(Cl)cc1Cl. The van der Waals surface area contributed by atoms with Crippen LogP contribution in [0.15, 0.2) is 46.2 Å². The van der Waals surface area contributed by atoms with Gasteiger partial charge in [0.25, 0.3) is 0 Å². The van der Waals surface area contributed by atoms with Gasteiger partial charge in [-0.15, -0.1) is 5.10 Å². The molecule has 28 heavy (non-hydrogen) atoms. The summed E-state index contributed by atoms with van der Waals surface area (Å²) in [5, 5.41) is 4.65. The van der Waals surface area contributed by atoms with Gasteiger partial charge in [-0.2, -0.15) is 0 Å². The molecule has 0 fully saturated rings. The van der Waals surface area contributed by atoms with Crippen LogP contribution in [0.3, 0.4) is 0 Å². The van der Waals surface area contributed by atoms with Gasteiger partial charge in [0.15, 0.2) is 5.82 Å². The highest BCUT2D eigenvalue weighted by atomic mass is 35.5. The van der Waals surface area contributed by atoms with E-state index in [0.717, 1.165) is 0 Å². The number of halogens is 2. The second-order valence-electron chi connectivity index (χ2n) is 6.03. The fourth-order valence-electron chi connectivity index (χ4n) is 2.55. The van der Waals surface area contributed by atoms with Crippen molar-refractivity contribution in [1.82, 2.24) is 24.1 Å². The smallest absolute Gasteiger partial charge is 0.277 e. The molecule has 0 spiro atoms. The molecule has 3 aromatic rings. The van der Waals surface area contributed by atoms with Crippen molar-refractivity contribution < 1.29 is 8.42 Å².